The van der Waals surface area contributed by atoms with Gasteiger partial charge in [-0.05, 0) is 55.2 Å². The molecule has 0 aromatic heterocycles. The molecule has 0 saturated carbocycles. The summed E-state index contributed by atoms with van der Waals surface area (Å²) in [7, 11) is -3.54. The number of amides is 2. The Bertz CT molecular complexity index is 1070. The van der Waals surface area contributed by atoms with Gasteiger partial charge in [-0.25, -0.2) is 8.42 Å². The largest absolute Gasteiger partial charge is 0.324 e. The summed E-state index contributed by atoms with van der Waals surface area (Å²) in [5, 5.41) is 2.83. The number of carbonyl (C=O) groups excluding carboxylic acids is 2. The van der Waals surface area contributed by atoms with Crippen LogP contribution in [0.5, 0.6) is 0 Å². The summed E-state index contributed by atoms with van der Waals surface area (Å²) in [6.45, 7) is 3.13. The number of benzene rings is 2. The third-order valence-corrected chi connectivity index (χ3v) is 8.74. The number of carbonyl (C=O) groups is 2. The van der Waals surface area contributed by atoms with Gasteiger partial charge in [-0.3, -0.25) is 9.59 Å². The molecule has 2 aromatic rings. The van der Waals surface area contributed by atoms with Crippen LogP contribution in [0.3, 0.4) is 0 Å². The van der Waals surface area contributed by atoms with Crippen LogP contribution in [-0.2, 0) is 14.8 Å². The molecule has 1 N–H and O–H groups in total. The van der Waals surface area contributed by atoms with Gasteiger partial charge in [-0.2, -0.15) is 4.31 Å². The molecule has 0 bridgehead atoms. The second-order valence-electron chi connectivity index (χ2n) is 8.28. The Hall–Kier alpha value is -2.36. The maximum atomic E-state index is 12.9. The van der Waals surface area contributed by atoms with Crippen LogP contribution in [0.25, 0.3) is 0 Å². The molecule has 2 amide bonds. The van der Waals surface area contributed by atoms with Crippen molar-refractivity contribution in [2.45, 2.75) is 30.7 Å². The van der Waals surface area contributed by atoms with Gasteiger partial charge in [-0.15, -0.1) is 11.8 Å². The van der Waals surface area contributed by atoms with Gasteiger partial charge in [0.05, 0.1) is 10.8 Å². The van der Waals surface area contributed by atoms with E-state index in [1.54, 1.807) is 41.3 Å². The molecule has 9 heteroatoms. The highest BCUT2D eigenvalue weighted by atomic mass is 32.2. The number of rotatable bonds is 5. The Morgan fingerprint density at radius 3 is 2.47 bits per heavy atom. The zero-order valence-electron chi connectivity index (χ0n) is 17.9. The van der Waals surface area contributed by atoms with Gasteiger partial charge in [0.15, 0.2) is 0 Å². The molecule has 7 nitrogen and oxygen atoms in total. The van der Waals surface area contributed by atoms with Crippen LogP contribution in [0, 0.1) is 5.92 Å². The first-order valence-corrected chi connectivity index (χ1v) is 13.3. The van der Waals surface area contributed by atoms with Crippen molar-refractivity contribution in [1.82, 2.24) is 9.21 Å². The molecule has 1 unspecified atom stereocenters. The topological polar surface area (TPSA) is 86.8 Å². The molecule has 2 saturated heterocycles. The summed E-state index contributed by atoms with van der Waals surface area (Å²) < 4.78 is 27.4. The fraction of sp³-hybridized carbons (Fsp3) is 0.391. The lowest BCUT2D eigenvalue weighted by Gasteiger charge is -2.30. The fourth-order valence-electron chi connectivity index (χ4n) is 4.06. The molecule has 2 atom stereocenters. The summed E-state index contributed by atoms with van der Waals surface area (Å²) in [6, 6.07) is 14.6. The Morgan fingerprint density at radius 1 is 1.06 bits per heavy atom. The van der Waals surface area contributed by atoms with Crippen molar-refractivity contribution < 1.29 is 18.0 Å². The van der Waals surface area contributed by atoms with E-state index in [0.29, 0.717) is 41.9 Å². The highest BCUT2D eigenvalue weighted by Crippen LogP contribution is 2.26. The van der Waals surface area contributed by atoms with Gasteiger partial charge < -0.3 is 10.2 Å². The standard InChI is InChI=1S/C23H27N3O4S2/c1-17-6-5-13-25(14-17)32(29,30)20-11-9-19(10-12-20)24-22(27)21-15-31-16-26(21)23(28)18-7-3-2-4-8-18/h2-4,7-12,17,21H,5-6,13-16H2,1H3,(H,24,27)/t17?,21-/m0/s1. The second kappa shape index (κ2) is 9.64. The van der Waals surface area contributed by atoms with Crippen LogP contribution < -0.4 is 5.32 Å². The van der Waals surface area contributed by atoms with E-state index in [4.69, 9.17) is 0 Å². The van der Waals surface area contributed by atoms with E-state index in [2.05, 4.69) is 12.2 Å². The lowest BCUT2D eigenvalue weighted by molar-refractivity contribution is -0.119. The first kappa shape index (κ1) is 22.8. The molecule has 0 aliphatic carbocycles. The average molecular weight is 474 g/mol. The Morgan fingerprint density at radius 2 is 1.78 bits per heavy atom. The number of nitrogens with one attached hydrogen (secondary N) is 1. The quantitative estimate of drug-likeness (QED) is 0.720. The van der Waals surface area contributed by atoms with Crippen molar-refractivity contribution in [3.8, 4) is 0 Å². The SMILES string of the molecule is CC1CCCN(S(=O)(=O)c2ccc(NC(=O)[C@@H]3CSCN3C(=O)c3ccccc3)cc2)C1. The molecule has 32 heavy (non-hydrogen) atoms. The van der Waals surface area contributed by atoms with E-state index in [0.717, 1.165) is 12.8 Å². The lowest BCUT2D eigenvalue weighted by Crippen LogP contribution is -2.44. The third-order valence-electron chi connectivity index (χ3n) is 5.85. The molecule has 170 valence electrons. The first-order valence-electron chi connectivity index (χ1n) is 10.7. The van der Waals surface area contributed by atoms with Crippen molar-refractivity contribution in [3.63, 3.8) is 0 Å². The minimum Gasteiger partial charge on any atom is -0.324 e. The predicted octanol–water partition coefficient (Wildman–Crippen LogP) is 3.26. The molecule has 0 spiro atoms. The second-order valence-corrected chi connectivity index (χ2v) is 11.2. The predicted molar refractivity (Wildman–Crippen MR) is 126 cm³/mol. The van der Waals surface area contributed by atoms with Crippen LogP contribution >= 0.6 is 11.8 Å². The zero-order valence-corrected chi connectivity index (χ0v) is 19.6. The Kier molecular flexibility index (Phi) is 6.88. The first-order chi connectivity index (χ1) is 15.4. The molecular formula is C23H27N3O4S2. The monoisotopic (exact) mass is 473 g/mol. The van der Waals surface area contributed by atoms with E-state index in [1.165, 1.54) is 28.2 Å². The van der Waals surface area contributed by atoms with Crippen LogP contribution in [-0.4, -0.2) is 60.2 Å². The molecule has 2 aliphatic heterocycles. The minimum absolute atomic E-state index is 0.173. The molecule has 2 aromatic carbocycles. The van der Waals surface area contributed by atoms with Crippen LogP contribution in [0.1, 0.15) is 30.1 Å². The number of anilines is 1. The number of hydrogen-bond acceptors (Lipinski definition) is 5. The van der Waals surface area contributed by atoms with E-state index in [9.17, 15) is 18.0 Å². The normalized spacial score (nSPS) is 22.0. The number of piperidine rings is 1. The highest BCUT2D eigenvalue weighted by molar-refractivity contribution is 7.99. The van der Waals surface area contributed by atoms with Crippen molar-refractivity contribution in [2.24, 2.45) is 5.92 Å². The van der Waals surface area contributed by atoms with Crippen molar-refractivity contribution in [2.75, 3.05) is 30.0 Å². The molecule has 2 fully saturated rings. The summed E-state index contributed by atoms with van der Waals surface area (Å²) in [5.74, 6) is 0.872. The van der Waals surface area contributed by atoms with Gasteiger partial charge >= 0.3 is 0 Å². The summed E-state index contributed by atoms with van der Waals surface area (Å²) in [4.78, 5) is 27.5. The molecule has 0 radical (unpaired) electrons. The van der Waals surface area contributed by atoms with E-state index < -0.39 is 16.1 Å². The summed E-state index contributed by atoms with van der Waals surface area (Å²) in [5.41, 5.74) is 1.05. The van der Waals surface area contributed by atoms with Crippen molar-refractivity contribution >= 4 is 39.3 Å². The Balaban J connectivity index is 1.43. The number of hydrogen-bond donors (Lipinski definition) is 1. The van der Waals surface area contributed by atoms with Gasteiger partial charge in [0.25, 0.3) is 5.91 Å². The summed E-state index contributed by atoms with van der Waals surface area (Å²) in [6.07, 6.45) is 1.91. The molecular weight excluding hydrogens is 446 g/mol. The maximum absolute atomic E-state index is 12.9. The highest BCUT2D eigenvalue weighted by Gasteiger charge is 2.35. The Labute approximate surface area is 193 Å². The van der Waals surface area contributed by atoms with Crippen LogP contribution in [0.2, 0.25) is 0 Å². The van der Waals surface area contributed by atoms with Gasteiger partial charge in [-0.1, -0.05) is 25.1 Å². The van der Waals surface area contributed by atoms with Crippen LogP contribution in [0.15, 0.2) is 59.5 Å². The van der Waals surface area contributed by atoms with E-state index in [-0.39, 0.29) is 16.7 Å². The number of sulfonamides is 1. The zero-order chi connectivity index (χ0) is 22.7. The lowest BCUT2D eigenvalue weighted by atomic mass is 10.0. The van der Waals surface area contributed by atoms with Gasteiger partial charge in [0, 0.05) is 30.1 Å². The van der Waals surface area contributed by atoms with Crippen LogP contribution in [0.4, 0.5) is 5.69 Å². The fourth-order valence-corrected chi connectivity index (χ4v) is 6.81. The van der Waals surface area contributed by atoms with Gasteiger partial charge in [0.2, 0.25) is 15.9 Å². The molecule has 4 rings (SSSR count). The molecule has 2 aliphatic rings. The molecule has 2 heterocycles. The van der Waals surface area contributed by atoms with Crippen molar-refractivity contribution in [3.05, 3.63) is 60.2 Å². The third kappa shape index (κ3) is 4.84. The average Bonchev–Trinajstić information content (AvgIpc) is 3.30. The van der Waals surface area contributed by atoms with E-state index in [1.807, 2.05) is 6.07 Å². The summed E-state index contributed by atoms with van der Waals surface area (Å²) >= 11 is 1.53. The smallest absolute Gasteiger partial charge is 0.255 e. The van der Waals surface area contributed by atoms with E-state index >= 15 is 0 Å². The van der Waals surface area contributed by atoms with Gasteiger partial charge in [0.1, 0.15) is 6.04 Å². The minimum atomic E-state index is -3.54. The number of thioether (sulfide) groups is 1. The number of nitrogens with zero attached hydrogens (tertiary/aromatic N) is 2. The van der Waals surface area contributed by atoms with Crippen molar-refractivity contribution in [1.29, 1.82) is 0 Å². The maximum Gasteiger partial charge on any atom is 0.255 e.